The molecule has 0 saturated carbocycles. The number of nitrogens with zero attached hydrogens (tertiary/aromatic N) is 4. The van der Waals surface area contributed by atoms with E-state index in [9.17, 15) is 4.79 Å². The fourth-order valence-electron chi connectivity index (χ4n) is 2.68. The van der Waals surface area contributed by atoms with Crippen LogP contribution in [-0.2, 0) is 0 Å². The predicted molar refractivity (Wildman–Crippen MR) is 94.1 cm³/mol. The number of nitrogen functional groups attached to an aromatic ring is 2. The maximum atomic E-state index is 12.5. The van der Waals surface area contributed by atoms with Gasteiger partial charge >= 0.3 is 0 Å². The van der Waals surface area contributed by atoms with Crippen LogP contribution in [0.5, 0.6) is 0 Å². The Morgan fingerprint density at radius 1 is 1.17 bits per heavy atom. The van der Waals surface area contributed by atoms with Gasteiger partial charge in [-0.2, -0.15) is 0 Å². The number of piperidine rings is 1. The number of nitrogens with one attached hydrogen (secondary N) is 1. The summed E-state index contributed by atoms with van der Waals surface area (Å²) in [6.07, 6.45) is 6.78. The summed E-state index contributed by atoms with van der Waals surface area (Å²) in [6, 6.07) is 1.88. The minimum atomic E-state index is -0.506. The molecular formula is C15H18ClN7O. The van der Waals surface area contributed by atoms with Crippen LogP contribution in [0.25, 0.3) is 0 Å². The van der Waals surface area contributed by atoms with Gasteiger partial charge in [-0.3, -0.25) is 9.78 Å². The van der Waals surface area contributed by atoms with Gasteiger partial charge in [-0.25, -0.2) is 9.97 Å². The van der Waals surface area contributed by atoms with Crippen LogP contribution in [0.3, 0.4) is 0 Å². The molecule has 0 radical (unpaired) electrons. The lowest BCUT2D eigenvalue weighted by atomic mass is 10.1. The Labute approximate surface area is 144 Å². The highest BCUT2D eigenvalue weighted by Gasteiger charge is 2.20. The monoisotopic (exact) mass is 347 g/mol. The molecule has 0 atom stereocenters. The Bertz CT molecular complexity index is 761. The number of aromatic nitrogens is 3. The highest BCUT2D eigenvalue weighted by molar-refractivity contribution is 6.31. The summed E-state index contributed by atoms with van der Waals surface area (Å²) in [7, 11) is 0. The summed E-state index contributed by atoms with van der Waals surface area (Å²) in [4.78, 5) is 26.5. The zero-order chi connectivity index (χ0) is 17.1. The van der Waals surface area contributed by atoms with E-state index in [1.54, 1.807) is 12.4 Å². The molecule has 2 aromatic heterocycles. The molecule has 1 fully saturated rings. The number of amides is 1. The van der Waals surface area contributed by atoms with Crippen molar-refractivity contribution in [1.82, 2.24) is 15.0 Å². The second-order valence-corrected chi connectivity index (χ2v) is 5.89. The Morgan fingerprint density at radius 3 is 2.67 bits per heavy atom. The number of hydrogen-bond acceptors (Lipinski definition) is 7. The third kappa shape index (κ3) is 3.33. The number of nitrogens with two attached hydrogens (primary N) is 2. The fraction of sp³-hybridized carbons (Fsp3) is 0.333. The molecule has 1 aliphatic rings. The second kappa shape index (κ2) is 6.88. The largest absolute Gasteiger partial charge is 0.382 e. The van der Waals surface area contributed by atoms with Crippen LogP contribution in [0, 0.1) is 0 Å². The van der Waals surface area contributed by atoms with Crippen molar-refractivity contribution in [2.75, 3.05) is 34.8 Å². The molecule has 1 amide bonds. The summed E-state index contributed by atoms with van der Waals surface area (Å²) in [6.45, 7) is 1.89. The summed E-state index contributed by atoms with van der Waals surface area (Å²) in [5.41, 5.74) is 12.7. The van der Waals surface area contributed by atoms with E-state index >= 15 is 0 Å². The molecule has 0 aromatic carbocycles. The van der Waals surface area contributed by atoms with E-state index < -0.39 is 5.91 Å². The molecule has 8 nitrogen and oxygen atoms in total. The quantitative estimate of drug-likeness (QED) is 0.775. The van der Waals surface area contributed by atoms with Gasteiger partial charge in [0.1, 0.15) is 0 Å². The lowest BCUT2D eigenvalue weighted by Gasteiger charge is -2.30. The van der Waals surface area contributed by atoms with Crippen LogP contribution in [0.15, 0.2) is 18.5 Å². The van der Waals surface area contributed by atoms with Gasteiger partial charge in [0.15, 0.2) is 22.5 Å². The fourth-order valence-corrected chi connectivity index (χ4v) is 2.81. The number of rotatable bonds is 3. The number of pyridine rings is 1. The van der Waals surface area contributed by atoms with Crippen molar-refractivity contribution in [3.05, 3.63) is 29.3 Å². The third-order valence-corrected chi connectivity index (χ3v) is 4.14. The number of carbonyl (C=O) groups is 1. The number of carbonyl (C=O) groups excluding carboxylic acids is 1. The normalized spacial score (nSPS) is 14.5. The summed E-state index contributed by atoms with van der Waals surface area (Å²) < 4.78 is 0. The molecule has 9 heteroatoms. The van der Waals surface area contributed by atoms with E-state index in [4.69, 9.17) is 23.1 Å². The predicted octanol–water partition coefficient (Wildman–Crippen LogP) is 1.93. The van der Waals surface area contributed by atoms with E-state index in [0.717, 1.165) is 31.6 Å². The molecule has 0 spiro atoms. The average molecular weight is 348 g/mol. The lowest BCUT2D eigenvalue weighted by Crippen LogP contribution is -2.30. The zero-order valence-electron chi connectivity index (χ0n) is 13.0. The molecule has 1 aliphatic heterocycles. The van der Waals surface area contributed by atoms with Crippen LogP contribution in [0.4, 0.5) is 23.0 Å². The molecule has 1 saturated heterocycles. The van der Waals surface area contributed by atoms with E-state index in [0.29, 0.717) is 5.69 Å². The van der Waals surface area contributed by atoms with Crippen molar-refractivity contribution in [2.24, 2.45) is 0 Å². The van der Waals surface area contributed by atoms with E-state index in [-0.39, 0.29) is 22.5 Å². The Balaban J connectivity index is 1.86. The SMILES string of the molecule is Nc1nc(N)c(C(=O)Nc2cnccc2N2CCCCC2)nc1Cl. The van der Waals surface area contributed by atoms with Gasteiger partial charge in [0.25, 0.3) is 5.91 Å². The molecule has 24 heavy (non-hydrogen) atoms. The molecule has 2 aromatic rings. The lowest BCUT2D eigenvalue weighted by molar-refractivity contribution is 0.102. The van der Waals surface area contributed by atoms with Crippen LogP contribution >= 0.6 is 11.6 Å². The van der Waals surface area contributed by atoms with Crippen LogP contribution in [-0.4, -0.2) is 33.9 Å². The van der Waals surface area contributed by atoms with Crippen molar-refractivity contribution < 1.29 is 4.79 Å². The molecule has 3 rings (SSSR count). The maximum Gasteiger partial charge on any atom is 0.278 e. The van der Waals surface area contributed by atoms with Gasteiger partial charge in [-0.1, -0.05) is 11.6 Å². The van der Waals surface area contributed by atoms with E-state index in [1.807, 2.05) is 6.07 Å². The van der Waals surface area contributed by atoms with E-state index in [2.05, 4.69) is 25.2 Å². The van der Waals surface area contributed by atoms with Crippen LogP contribution < -0.4 is 21.7 Å². The molecule has 0 unspecified atom stereocenters. The highest BCUT2D eigenvalue weighted by Crippen LogP contribution is 2.28. The molecule has 0 bridgehead atoms. The third-order valence-electron chi connectivity index (χ3n) is 3.86. The van der Waals surface area contributed by atoms with Crippen molar-refractivity contribution in [3.63, 3.8) is 0 Å². The first-order valence-corrected chi connectivity index (χ1v) is 8.03. The van der Waals surface area contributed by atoms with Crippen LogP contribution in [0.1, 0.15) is 29.8 Å². The van der Waals surface area contributed by atoms with Crippen molar-refractivity contribution in [2.45, 2.75) is 19.3 Å². The topological polar surface area (TPSA) is 123 Å². The number of anilines is 4. The zero-order valence-corrected chi connectivity index (χ0v) is 13.8. The Morgan fingerprint density at radius 2 is 1.92 bits per heavy atom. The van der Waals surface area contributed by atoms with Crippen molar-refractivity contribution >= 4 is 40.5 Å². The van der Waals surface area contributed by atoms with Gasteiger partial charge in [0.2, 0.25) is 0 Å². The average Bonchev–Trinajstić information content (AvgIpc) is 2.59. The van der Waals surface area contributed by atoms with Crippen LogP contribution in [0.2, 0.25) is 5.15 Å². The summed E-state index contributed by atoms with van der Waals surface area (Å²) in [5, 5.41) is 2.73. The van der Waals surface area contributed by atoms with Gasteiger partial charge in [0, 0.05) is 19.3 Å². The Hall–Kier alpha value is -2.61. The summed E-state index contributed by atoms with van der Waals surface area (Å²) in [5.74, 6) is -0.591. The van der Waals surface area contributed by atoms with Crippen molar-refractivity contribution in [1.29, 1.82) is 0 Å². The molecular weight excluding hydrogens is 330 g/mol. The van der Waals surface area contributed by atoms with E-state index in [1.165, 1.54) is 6.42 Å². The molecule has 0 aliphatic carbocycles. The second-order valence-electron chi connectivity index (χ2n) is 5.53. The minimum Gasteiger partial charge on any atom is -0.382 e. The van der Waals surface area contributed by atoms with Gasteiger partial charge < -0.3 is 21.7 Å². The molecule has 3 heterocycles. The van der Waals surface area contributed by atoms with Gasteiger partial charge in [-0.05, 0) is 25.3 Å². The maximum absolute atomic E-state index is 12.5. The van der Waals surface area contributed by atoms with Gasteiger partial charge in [0.05, 0.1) is 17.6 Å². The first kappa shape index (κ1) is 16.3. The minimum absolute atomic E-state index is 0.0129. The van der Waals surface area contributed by atoms with Gasteiger partial charge in [-0.15, -0.1) is 0 Å². The Kier molecular flexibility index (Phi) is 4.66. The number of hydrogen-bond donors (Lipinski definition) is 3. The highest BCUT2D eigenvalue weighted by atomic mass is 35.5. The smallest absolute Gasteiger partial charge is 0.278 e. The first-order valence-electron chi connectivity index (χ1n) is 7.65. The standard InChI is InChI=1S/C15H18ClN7O/c16-12-14(18)22-13(17)11(21-12)15(24)20-9-8-19-5-4-10(9)23-6-2-1-3-7-23/h4-5,8H,1-3,6-7H2,(H,20,24)(H4,17,18,22). The first-order chi connectivity index (χ1) is 11.6. The molecule has 5 N–H and O–H groups in total. The molecule has 126 valence electrons. The number of halogens is 1. The summed E-state index contributed by atoms with van der Waals surface area (Å²) >= 11 is 5.83. The van der Waals surface area contributed by atoms with Crippen molar-refractivity contribution in [3.8, 4) is 0 Å².